The summed E-state index contributed by atoms with van der Waals surface area (Å²) < 4.78 is 7.17. The predicted molar refractivity (Wildman–Crippen MR) is 83.5 cm³/mol. The Morgan fingerprint density at radius 2 is 2.19 bits per heavy atom. The van der Waals surface area contributed by atoms with Crippen LogP contribution in [0.5, 0.6) is 5.75 Å². The van der Waals surface area contributed by atoms with E-state index in [-0.39, 0.29) is 0 Å². The number of hydrogen-bond donors (Lipinski definition) is 1. The lowest BCUT2D eigenvalue weighted by Gasteiger charge is -2.15. The van der Waals surface area contributed by atoms with Crippen molar-refractivity contribution < 1.29 is 9.84 Å². The van der Waals surface area contributed by atoms with Crippen LogP contribution in [-0.4, -0.2) is 22.0 Å². The zero-order chi connectivity index (χ0) is 15.2. The molecule has 1 N–H and O–H groups in total. The molecule has 0 radical (unpaired) electrons. The molecule has 2 aromatic rings. The monoisotopic (exact) mass is 288 g/mol. The van der Waals surface area contributed by atoms with Crippen molar-refractivity contribution >= 4 is 0 Å². The smallest absolute Gasteiger partial charge is 0.162 e. The molecule has 0 fully saturated rings. The number of nitrogens with zero attached hydrogens (tertiary/aromatic N) is 2. The highest BCUT2D eigenvalue weighted by Crippen LogP contribution is 2.28. The molecule has 1 atom stereocenters. The summed E-state index contributed by atoms with van der Waals surface area (Å²) in [6, 6.07) is 8.39. The Kier molecular flexibility index (Phi) is 5.39. The number of aromatic nitrogens is 2. The Bertz CT molecular complexity index is 578. The molecule has 1 heterocycles. The summed E-state index contributed by atoms with van der Waals surface area (Å²) in [5.41, 5.74) is 3.28. The lowest BCUT2D eigenvalue weighted by atomic mass is 10.0. The Morgan fingerprint density at radius 1 is 1.38 bits per heavy atom. The Balaban J connectivity index is 2.09. The van der Waals surface area contributed by atoms with Gasteiger partial charge in [0.25, 0.3) is 0 Å². The molecule has 0 aliphatic rings. The van der Waals surface area contributed by atoms with Crippen LogP contribution in [0, 0.1) is 6.92 Å². The highest BCUT2D eigenvalue weighted by Gasteiger charge is 2.19. The van der Waals surface area contributed by atoms with Crippen molar-refractivity contribution in [2.75, 3.05) is 7.11 Å². The molecular formula is C17H24N2O2. The SMILES string of the molecule is CCCn1ncc(OC)c1C(O)CCc1cccc(C)c1. The van der Waals surface area contributed by atoms with E-state index >= 15 is 0 Å². The van der Waals surface area contributed by atoms with Gasteiger partial charge in [0.1, 0.15) is 5.69 Å². The number of benzene rings is 1. The second-order valence-corrected chi connectivity index (χ2v) is 5.36. The Hall–Kier alpha value is -1.81. The van der Waals surface area contributed by atoms with Crippen molar-refractivity contribution in [1.82, 2.24) is 9.78 Å². The minimum Gasteiger partial charge on any atom is -0.493 e. The van der Waals surface area contributed by atoms with E-state index in [9.17, 15) is 5.11 Å². The summed E-state index contributed by atoms with van der Waals surface area (Å²) in [6.07, 6.45) is 3.59. The van der Waals surface area contributed by atoms with Gasteiger partial charge in [0.05, 0.1) is 19.4 Å². The number of aliphatic hydroxyl groups is 1. The first-order valence-corrected chi connectivity index (χ1v) is 7.49. The van der Waals surface area contributed by atoms with Gasteiger partial charge < -0.3 is 9.84 Å². The van der Waals surface area contributed by atoms with Crippen molar-refractivity contribution in [2.45, 2.75) is 45.8 Å². The number of aryl methyl sites for hydroxylation is 3. The molecule has 0 spiro atoms. The number of aliphatic hydroxyl groups excluding tert-OH is 1. The van der Waals surface area contributed by atoms with Crippen LogP contribution in [0.4, 0.5) is 0 Å². The average Bonchev–Trinajstić information content (AvgIpc) is 2.88. The molecule has 2 rings (SSSR count). The molecule has 4 nitrogen and oxygen atoms in total. The van der Waals surface area contributed by atoms with E-state index in [1.165, 1.54) is 11.1 Å². The van der Waals surface area contributed by atoms with E-state index in [2.05, 4.69) is 43.2 Å². The van der Waals surface area contributed by atoms with E-state index in [1.807, 2.05) is 4.68 Å². The maximum atomic E-state index is 10.5. The number of ether oxygens (including phenoxy) is 1. The molecule has 4 heteroatoms. The first kappa shape index (κ1) is 15.6. The van der Waals surface area contributed by atoms with Crippen LogP contribution in [0.3, 0.4) is 0 Å². The quantitative estimate of drug-likeness (QED) is 0.850. The average molecular weight is 288 g/mol. The van der Waals surface area contributed by atoms with Crippen molar-refractivity contribution in [3.8, 4) is 5.75 Å². The predicted octanol–water partition coefficient (Wildman–Crippen LogP) is 3.28. The number of methoxy groups -OCH3 is 1. The third-order valence-electron chi connectivity index (χ3n) is 3.60. The van der Waals surface area contributed by atoms with Crippen LogP contribution in [0.25, 0.3) is 0 Å². The number of hydrogen-bond acceptors (Lipinski definition) is 3. The zero-order valence-corrected chi connectivity index (χ0v) is 13.0. The molecule has 114 valence electrons. The van der Waals surface area contributed by atoms with E-state index < -0.39 is 6.10 Å². The highest BCUT2D eigenvalue weighted by molar-refractivity contribution is 5.28. The second-order valence-electron chi connectivity index (χ2n) is 5.36. The van der Waals surface area contributed by atoms with Gasteiger partial charge in [-0.1, -0.05) is 36.8 Å². The molecule has 0 bridgehead atoms. The maximum Gasteiger partial charge on any atom is 0.162 e. The third-order valence-corrected chi connectivity index (χ3v) is 3.60. The fraction of sp³-hybridized carbons (Fsp3) is 0.471. The van der Waals surface area contributed by atoms with Crippen molar-refractivity contribution in [2.24, 2.45) is 0 Å². The van der Waals surface area contributed by atoms with Crippen molar-refractivity contribution in [3.63, 3.8) is 0 Å². The van der Waals surface area contributed by atoms with E-state index in [4.69, 9.17) is 4.74 Å². The van der Waals surface area contributed by atoms with Gasteiger partial charge in [-0.15, -0.1) is 0 Å². The third kappa shape index (κ3) is 3.85. The lowest BCUT2D eigenvalue weighted by Crippen LogP contribution is -2.11. The molecule has 0 saturated heterocycles. The highest BCUT2D eigenvalue weighted by atomic mass is 16.5. The Labute approximate surface area is 126 Å². The fourth-order valence-corrected chi connectivity index (χ4v) is 2.57. The van der Waals surface area contributed by atoms with Crippen LogP contribution < -0.4 is 4.74 Å². The van der Waals surface area contributed by atoms with E-state index in [0.29, 0.717) is 12.2 Å². The number of rotatable bonds is 7. The standard InChI is InChI=1S/C17H24N2O2/c1-4-10-19-17(16(21-3)12-18-19)15(20)9-8-14-7-5-6-13(2)11-14/h5-7,11-12,15,20H,4,8-10H2,1-3H3. The van der Waals surface area contributed by atoms with Gasteiger partial charge in [0.2, 0.25) is 0 Å². The zero-order valence-electron chi connectivity index (χ0n) is 13.0. The molecule has 0 amide bonds. The van der Waals surface area contributed by atoms with Crippen LogP contribution >= 0.6 is 0 Å². The molecular weight excluding hydrogens is 264 g/mol. The van der Waals surface area contributed by atoms with Crippen LogP contribution in [0.15, 0.2) is 30.5 Å². The summed E-state index contributed by atoms with van der Waals surface area (Å²) >= 11 is 0. The maximum absolute atomic E-state index is 10.5. The van der Waals surface area contributed by atoms with Crippen LogP contribution in [0.1, 0.15) is 42.7 Å². The fourth-order valence-electron chi connectivity index (χ4n) is 2.57. The Morgan fingerprint density at radius 3 is 2.86 bits per heavy atom. The normalized spacial score (nSPS) is 12.4. The minimum atomic E-state index is -0.561. The molecule has 1 aromatic heterocycles. The van der Waals surface area contributed by atoms with Gasteiger partial charge in [-0.05, 0) is 31.7 Å². The minimum absolute atomic E-state index is 0.561. The van der Waals surface area contributed by atoms with Crippen LogP contribution in [-0.2, 0) is 13.0 Å². The summed E-state index contributed by atoms with van der Waals surface area (Å²) in [6.45, 7) is 4.97. The van der Waals surface area contributed by atoms with E-state index in [0.717, 1.165) is 25.1 Å². The van der Waals surface area contributed by atoms with Crippen molar-refractivity contribution in [1.29, 1.82) is 0 Å². The van der Waals surface area contributed by atoms with Gasteiger partial charge in [0.15, 0.2) is 5.75 Å². The summed E-state index contributed by atoms with van der Waals surface area (Å²) in [5.74, 6) is 0.667. The van der Waals surface area contributed by atoms with Gasteiger partial charge in [0, 0.05) is 6.54 Å². The topological polar surface area (TPSA) is 47.3 Å². The largest absolute Gasteiger partial charge is 0.493 e. The summed E-state index contributed by atoms with van der Waals surface area (Å²) in [5, 5.41) is 14.8. The lowest BCUT2D eigenvalue weighted by molar-refractivity contribution is 0.152. The molecule has 0 saturated carbocycles. The first-order chi connectivity index (χ1) is 10.2. The van der Waals surface area contributed by atoms with Crippen LogP contribution in [0.2, 0.25) is 0 Å². The molecule has 0 aliphatic heterocycles. The summed E-state index contributed by atoms with van der Waals surface area (Å²) in [4.78, 5) is 0. The van der Waals surface area contributed by atoms with Gasteiger partial charge in [-0.2, -0.15) is 5.10 Å². The summed E-state index contributed by atoms with van der Waals surface area (Å²) in [7, 11) is 1.62. The van der Waals surface area contributed by atoms with Gasteiger partial charge in [-0.3, -0.25) is 4.68 Å². The van der Waals surface area contributed by atoms with Crippen molar-refractivity contribution in [3.05, 3.63) is 47.3 Å². The van der Waals surface area contributed by atoms with E-state index in [1.54, 1.807) is 13.3 Å². The first-order valence-electron chi connectivity index (χ1n) is 7.49. The second kappa shape index (κ2) is 7.27. The van der Waals surface area contributed by atoms with Gasteiger partial charge >= 0.3 is 0 Å². The molecule has 1 unspecified atom stereocenters. The van der Waals surface area contributed by atoms with Gasteiger partial charge in [-0.25, -0.2) is 0 Å². The molecule has 21 heavy (non-hydrogen) atoms. The molecule has 1 aromatic carbocycles. The molecule has 0 aliphatic carbocycles.